The van der Waals surface area contributed by atoms with E-state index in [-0.39, 0.29) is 62.0 Å². The second kappa shape index (κ2) is 51.3. The summed E-state index contributed by atoms with van der Waals surface area (Å²) in [5.74, 6) is -20.7. The minimum Gasteiger partial charge on any atom is -0.480 e. The highest BCUT2D eigenvalue weighted by Gasteiger charge is 2.37. The Morgan fingerprint density at radius 1 is 0.360 bits per heavy atom. The van der Waals surface area contributed by atoms with Crippen LogP contribution in [0.3, 0.4) is 0 Å². The fraction of sp³-hybridized carbons (Fsp3) is 0.569. The van der Waals surface area contributed by atoms with Gasteiger partial charge in [0.15, 0.2) is 0 Å². The molecule has 25 N–H and O–H groups in total. The second-order valence-corrected chi connectivity index (χ2v) is 28.4. The number of carboxylic acid groups (broad SMARTS) is 1. The number of aliphatic hydroxyl groups is 2. The number of hydrogen-bond donors (Lipinski definition) is 23. The van der Waals surface area contributed by atoms with E-state index in [2.05, 4.69) is 97.7 Å². The van der Waals surface area contributed by atoms with Crippen molar-refractivity contribution in [3.63, 3.8) is 0 Å². The van der Waals surface area contributed by atoms with Crippen LogP contribution < -0.4 is 102 Å². The zero-order valence-corrected chi connectivity index (χ0v) is 66.0. The fourth-order valence-corrected chi connectivity index (χ4v) is 10.9. The van der Waals surface area contributed by atoms with Crippen molar-refractivity contribution in [2.45, 2.75) is 186 Å². The lowest BCUT2D eigenvalue weighted by Crippen LogP contribution is -2.60. The van der Waals surface area contributed by atoms with Crippen LogP contribution in [0.25, 0.3) is 0 Å². The summed E-state index contributed by atoms with van der Waals surface area (Å²) in [4.78, 5) is 251. The van der Waals surface area contributed by atoms with Gasteiger partial charge in [0.1, 0.15) is 72.5 Å². The Balaban J connectivity index is 2.09. The Morgan fingerprint density at radius 2 is 0.667 bits per heavy atom. The number of aliphatic carboxylic acids is 1. The van der Waals surface area contributed by atoms with Crippen molar-refractivity contribution in [2.75, 3.05) is 51.7 Å². The summed E-state index contributed by atoms with van der Waals surface area (Å²) in [5.41, 5.74) is 17.5. The van der Waals surface area contributed by atoms with E-state index in [1.54, 1.807) is 116 Å². The van der Waals surface area contributed by atoms with Crippen molar-refractivity contribution < 1.29 is 106 Å². The molecule has 0 fully saturated rings. The maximum Gasteiger partial charge on any atom is 0.325 e. The molecule has 2 rings (SSSR count). The molecule has 0 aliphatic rings. The van der Waals surface area contributed by atoms with Gasteiger partial charge < -0.3 is 118 Å². The van der Waals surface area contributed by atoms with E-state index in [0.29, 0.717) is 11.1 Å². The molecule has 0 saturated heterocycles. The minimum atomic E-state index is -1.79. The zero-order valence-electron chi connectivity index (χ0n) is 65.1. The van der Waals surface area contributed by atoms with Gasteiger partial charge in [-0.2, -0.15) is 12.6 Å². The molecule has 0 heterocycles. The largest absolute Gasteiger partial charge is 0.480 e. The molecule has 18 amide bonds. The monoisotopic (exact) mass is 1630 g/mol. The van der Waals surface area contributed by atoms with Crippen LogP contribution in [0.1, 0.15) is 112 Å². The maximum atomic E-state index is 14.0. The van der Waals surface area contributed by atoms with Gasteiger partial charge in [-0.1, -0.05) is 122 Å². The minimum absolute atomic E-state index is 0.0328. The van der Waals surface area contributed by atoms with Crippen LogP contribution in [0.2, 0.25) is 0 Å². The summed E-state index contributed by atoms with van der Waals surface area (Å²) < 4.78 is 0. The number of hydrogen-bond acceptors (Lipinski definition) is 23. The van der Waals surface area contributed by atoms with E-state index in [0.717, 1.165) is 6.92 Å². The van der Waals surface area contributed by atoms with E-state index < -0.39 is 249 Å². The number of thiol groups is 1. The van der Waals surface area contributed by atoms with Crippen molar-refractivity contribution in [1.29, 1.82) is 0 Å². The van der Waals surface area contributed by atoms with Crippen molar-refractivity contribution in [1.82, 2.24) is 85.1 Å². The number of primary amides is 2. The lowest BCUT2D eigenvalue weighted by molar-refractivity contribution is -0.142. The number of nitrogens with two attached hydrogens (primary N) is 3. The molecule has 2 aromatic rings. The number of amides is 18. The number of carbonyl (C=O) groups is 19. The van der Waals surface area contributed by atoms with E-state index >= 15 is 0 Å². The van der Waals surface area contributed by atoms with Crippen LogP contribution in [0.15, 0.2) is 60.7 Å². The maximum absolute atomic E-state index is 14.0. The topological polar surface area (TPSA) is 656 Å². The molecule has 0 unspecified atom stereocenters. The number of aliphatic hydroxyl groups excluding tert-OH is 2. The Kier molecular flexibility index (Phi) is 44.4. The summed E-state index contributed by atoms with van der Waals surface area (Å²) in [7, 11) is 0. The molecule has 41 nitrogen and oxygen atoms in total. The predicted molar refractivity (Wildman–Crippen MR) is 411 cm³/mol. The third-order valence-corrected chi connectivity index (χ3v) is 17.2. The van der Waals surface area contributed by atoms with Crippen LogP contribution in [-0.4, -0.2) is 252 Å². The number of rotatable bonds is 52. The van der Waals surface area contributed by atoms with Crippen LogP contribution in [0.4, 0.5) is 0 Å². The summed E-state index contributed by atoms with van der Waals surface area (Å²) >= 11 is 4.15. The standard InChI is InChI=1S/C72H111N19O22S/c1-10-39(8)60(91-68(108)49(27-54(75)95)89-65(105)46(24-41-17-13-11-14-18-41)86-63(103)44(22-37(4)5)81-55(96)28-73)71(111)79-29-56(97)76-30-57(98)83-50(33-92)62(102)78-32-59(100)84-52(35-114)70(110)85-43(21-36(2)3)61(101)77-31-58(99)82-45(23-38(6)7)64(104)88-48(26-53(74)94)67(107)87-47(25-42-19-15-12-16-20-42)66(106)90-51(34-93)69(109)80-40(9)72(112)113/h11-20,36-40,43-52,60,92-93,114H,10,21-35,73H2,1-9H3,(H2,74,94)(H2,75,95)(H,76,97)(H,77,101)(H,78,102)(H,79,111)(H,80,109)(H,81,96)(H,82,99)(H,83,98)(H,84,100)(H,85,110)(H,86,103)(H,87,107)(H,88,104)(H,89,105)(H,90,106)(H,91,108)(H,112,113)/t39-,40-,43-,44-,45-,46-,47-,48-,49-,50-,51-,52-,60-/m0/s1. The lowest BCUT2D eigenvalue weighted by Gasteiger charge is -2.28. The Morgan fingerprint density at radius 3 is 1.06 bits per heavy atom. The average molecular weight is 1630 g/mol. The van der Waals surface area contributed by atoms with Gasteiger partial charge in [-0.05, 0) is 61.0 Å². The van der Waals surface area contributed by atoms with Crippen molar-refractivity contribution in [3.8, 4) is 0 Å². The highest BCUT2D eigenvalue weighted by molar-refractivity contribution is 7.80. The van der Waals surface area contributed by atoms with Crippen LogP contribution in [-0.2, 0) is 104 Å². The van der Waals surface area contributed by atoms with Gasteiger partial charge >= 0.3 is 5.97 Å². The summed E-state index contributed by atoms with van der Waals surface area (Å²) in [6.45, 7) is 9.06. The molecule has 0 saturated carbocycles. The smallest absolute Gasteiger partial charge is 0.325 e. The molecule has 0 radical (unpaired) electrons. The van der Waals surface area contributed by atoms with E-state index in [9.17, 15) is 106 Å². The van der Waals surface area contributed by atoms with E-state index in [1.165, 1.54) is 0 Å². The van der Waals surface area contributed by atoms with Crippen LogP contribution in [0.5, 0.6) is 0 Å². The SMILES string of the molecule is CC[C@H](C)[C@H](NC(=O)[C@H](CC(N)=O)NC(=O)[C@H](Cc1ccccc1)NC(=O)[C@H](CC(C)C)NC(=O)CN)C(=O)NCC(=O)NCC(=O)N[C@@H](CO)C(=O)NCC(=O)N[C@@H](CS)C(=O)N[C@@H](CC(C)C)C(=O)NCC(=O)N[C@@H](CC(C)C)C(=O)N[C@@H](CC(N)=O)C(=O)N[C@@H](Cc1ccccc1)C(=O)N[C@@H](CO)C(=O)N[C@@H](C)C(=O)O. The first-order chi connectivity index (χ1) is 53.6. The third-order valence-electron chi connectivity index (χ3n) is 16.9. The Bertz CT molecular complexity index is 3650. The summed E-state index contributed by atoms with van der Waals surface area (Å²) in [6.07, 6.45) is -1.65. The molecule has 0 aromatic heterocycles. The number of carboxylic acids is 1. The Labute approximate surface area is 664 Å². The molecule has 0 aliphatic carbocycles. The highest BCUT2D eigenvalue weighted by atomic mass is 32.1. The number of benzene rings is 2. The molecule has 632 valence electrons. The zero-order chi connectivity index (χ0) is 86.1. The summed E-state index contributed by atoms with van der Waals surface area (Å²) in [6, 6.07) is -1.53. The number of nitrogens with one attached hydrogen (secondary N) is 16. The van der Waals surface area contributed by atoms with Crippen molar-refractivity contribution >= 4 is 125 Å². The molecule has 13 atom stereocenters. The molecule has 0 bridgehead atoms. The van der Waals surface area contributed by atoms with Crippen molar-refractivity contribution in [2.24, 2.45) is 40.9 Å². The quantitative estimate of drug-likeness (QED) is 0.0274. The van der Waals surface area contributed by atoms with Gasteiger partial charge in [-0.25, -0.2) is 0 Å². The van der Waals surface area contributed by atoms with Gasteiger partial charge in [0, 0.05) is 18.6 Å². The molecule has 0 spiro atoms. The van der Waals surface area contributed by atoms with Gasteiger partial charge in [0.2, 0.25) is 106 Å². The van der Waals surface area contributed by atoms with Crippen LogP contribution >= 0.6 is 12.6 Å². The van der Waals surface area contributed by atoms with E-state index in [1.807, 2.05) is 0 Å². The first-order valence-electron chi connectivity index (χ1n) is 36.8. The molecule has 2 aromatic carbocycles. The molecular weight excluding hydrogens is 1510 g/mol. The molecule has 42 heteroatoms. The van der Waals surface area contributed by atoms with E-state index in [4.69, 9.17) is 17.2 Å². The molecule has 114 heavy (non-hydrogen) atoms. The van der Waals surface area contributed by atoms with Gasteiger partial charge in [0.05, 0.1) is 58.8 Å². The predicted octanol–water partition coefficient (Wildman–Crippen LogP) is -8.33. The highest BCUT2D eigenvalue weighted by Crippen LogP contribution is 2.14. The first-order valence-corrected chi connectivity index (χ1v) is 37.4. The van der Waals surface area contributed by atoms with Gasteiger partial charge in [0.25, 0.3) is 0 Å². The average Bonchev–Trinajstić information content (AvgIpc) is 0.851. The lowest BCUT2D eigenvalue weighted by atomic mass is 9.97. The van der Waals surface area contributed by atoms with Crippen LogP contribution in [0, 0.1) is 23.7 Å². The summed E-state index contributed by atoms with van der Waals surface area (Å²) in [5, 5.41) is 67.0. The van der Waals surface area contributed by atoms with Crippen molar-refractivity contribution in [3.05, 3.63) is 71.8 Å². The first kappa shape index (κ1) is 98.7. The van der Waals surface area contributed by atoms with Gasteiger partial charge in [-0.15, -0.1) is 0 Å². The number of carbonyl (C=O) groups excluding carboxylic acids is 18. The normalized spacial score (nSPS) is 14.4. The fourth-order valence-electron chi connectivity index (χ4n) is 10.7. The third kappa shape index (κ3) is 37.7. The molecule has 0 aliphatic heterocycles. The van der Waals surface area contributed by atoms with Gasteiger partial charge in [-0.3, -0.25) is 91.1 Å². The Hall–Kier alpha value is -11.4. The second-order valence-electron chi connectivity index (χ2n) is 28.1. The molecular formula is C72H111N19O22S.